The van der Waals surface area contributed by atoms with E-state index in [1.54, 1.807) is 11.8 Å². The van der Waals surface area contributed by atoms with Gasteiger partial charge in [-0.2, -0.15) is 0 Å². The van der Waals surface area contributed by atoms with Crippen LogP contribution in [-0.2, 0) is 0 Å². The van der Waals surface area contributed by atoms with E-state index in [1.807, 2.05) is 36.4 Å². The van der Waals surface area contributed by atoms with E-state index in [-0.39, 0.29) is 12.4 Å². The number of nitrogen functional groups attached to an aromatic ring is 2. The van der Waals surface area contributed by atoms with Gasteiger partial charge in [-0.3, -0.25) is 0 Å². The summed E-state index contributed by atoms with van der Waals surface area (Å²) in [6, 6.07) is 20.1. The van der Waals surface area contributed by atoms with Crippen LogP contribution in [0.2, 0.25) is 10.0 Å². The Kier molecular flexibility index (Phi) is 8.15. The Balaban J connectivity index is 0.00000324. The minimum Gasteiger partial charge on any atom is -0.399 e. The van der Waals surface area contributed by atoms with Gasteiger partial charge in [-0.1, -0.05) is 59.2 Å². The van der Waals surface area contributed by atoms with E-state index in [1.165, 1.54) is 32.0 Å². The Morgan fingerprint density at radius 2 is 0.971 bits per heavy atom. The molecular weight excluding hydrogens is 503 g/mol. The van der Waals surface area contributed by atoms with E-state index >= 15 is 0 Å². The molecule has 6 heteroatoms. The van der Waals surface area contributed by atoms with Gasteiger partial charge in [0, 0.05) is 32.3 Å². The number of hydrogen-bond donors (Lipinski definition) is 2. The van der Waals surface area contributed by atoms with Gasteiger partial charge in [-0.15, -0.1) is 12.4 Å². The maximum atomic E-state index is 6.57. The quantitative estimate of drug-likeness (QED) is 0.259. The first kappa shape index (κ1) is 26.3. The van der Waals surface area contributed by atoms with Gasteiger partial charge < -0.3 is 11.5 Å². The van der Waals surface area contributed by atoms with Gasteiger partial charge in [0.05, 0.1) is 10.0 Å². The van der Waals surface area contributed by atoms with Crippen molar-refractivity contribution in [2.75, 3.05) is 11.5 Å². The van der Waals surface area contributed by atoms with Crippen molar-refractivity contribution in [1.29, 1.82) is 0 Å². The number of nitrogens with two attached hydrogens (primary N) is 2. The van der Waals surface area contributed by atoms with E-state index in [4.69, 9.17) is 34.7 Å². The molecule has 0 unspecified atom stereocenters. The molecule has 2 nitrogen and oxygen atoms in total. The lowest BCUT2D eigenvalue weighted by atomic mass is 9.95. The fourth-order valence-corrected chi connectivity index (χ4v) is 5.88. The second kappa shape index (κ2) is 10.5. The average Bonchev–Trinajstić information content (AvgIpc) is 2.75. The van der Waals surface area contributed by atoms with E-state index in [0.29, 0.717) is 21.4 Å². The van der Waals surface area contributed by atoms with E-state index in [2.05, 4.69) is 52.0 Å². The van der Waals surface area contributed by atoms with Crippen molar-refractivity contribution in [2.45, 2.75) is 37.5 Å². The van der Waals surface area contributed by atoms with Crippen LogP contribution in [0.15, 0.2) is 70.5 Å². The maximum absolute atomic E-state index is 6.57. The minimum atomic E-state index is 0. The van der Waals surface area contributed by atoms with Crippen LogP contribution < -0.4 is 11.5 Å². The third-order valence-electron chi connectivity index (χ3n) is 5.99. The molecule has 4 aromatic carbocycles. The molecule has 0 heterocycles. The highest BCUT2D eigenvalue weighted by Crippen LogP contribution is 2.43. The predicted molar refractivity (Wildman–Crippen MR) is 153 cm³/mol. The van der Waals surface area contributed by atoms with Crippen LogP contribution >= 0.6 is 47.4 Å². The lowest BCUT2D eigenvalue weighted by Crippen LogP contribution is -1.95. The molecule has 0 saturated heterocycles. The molecule has 0 aliphatic rings. The highest BCUT2D eigenvalue weighted by Gasteiger charge is 2.17. The van der Waals surface area contributed by atoms with Crippen LogP contribution in [-0.4, -0.2) is 0 Å². The van der Waals surface area contributed by atoms with Crippen molar-refractivity contribution in [2.24, 2.45) is 0 Å². The summed E-state index contributed by atoms with van der Waals surface area (Å²) in [6.45, 7) is 8.53. The topological polar surface area (TPSA) is 52.0 Å². The summed E-state index contributed by atoms with van der Waals surface area (Å²) in [5.74, 6) is 0. The highest BCUT2D eigenvalue weighted by molar-refractivity contribution is 7.99. The van der Waals surface area contributed by atoms with Crippen molar-refractivity contribution in [1.82, 2.24) is 0 Å². The third-order valence-corrected chi connectivity index (χ3v) is 7.94. The van der Waals surface area contributed by atoms with Crippen LogP contribution in [0.1, 0.15) is 22.3 Å². The van der Waals surface area contributed by atoms with Gasteiger partial charge in [0.1, 0.15) is 0 Å². The highest BCUT2D eigenvalue weighted by atomic mass is 35.5. The van der Waals surface area contributed by atoms with Crippen molar-refractivity contribution in [3.63, 3.8) is 0 Å². The van der Waals surface area contributed by atoms with Crippen molar-refractivity contribution in [3.8, 4) is 22.3 Å². The van der Waals surface area contributed by atoms with Gasteiger partial charge >= 0.3 is 0 Å². The lowest BCUT2D eigenvalue weighted by molar-refractivity contribution is 1.23. The van der Waals surface area contributed by atoms with Crippen LogP contribution in [0.4, 0.5) is 11.4 Å². The summed E-state index contributed by atoms with van der Waals surface area (Å²) in [5.41, 5.74) is 22.2. The Bertz CT molecular complexity index is 1280. The molecule has 34 heavy (non-hydrogen) atoms. The van der Waals surface area contributed by atoms with Gasteiger partial charge in [0.15, 0.2) is 0 Å². The minimum absolute atomic E-state index is 0. The summed E-state index contributed by atoms with van der Waals surface area (Å²) in [7, 11) is 0. The Morgan fingerprint density at radius 1 is 0.588 bits per heavy atom. The molecule has 0 aliphatic carbocycles. The van der Waals surface area contributed by atoms with Gasteiger partial charge in [0.25, 0.3) is 0 Å². The number of halogens is 3. The monoisotopic (exact) mass is 528 g/mol. The molecule has 176 valence electrons. The first-order chi connectivity index (χ1) is 15.7. The van der Waals surface area contributed by atoms with Crippen LogP contribution in [0.25, 0.3) is 22.3 Å². The summed E-state index contributed by atoms with van der Waals surface area (Å²) < 4.78 is 0. The molecule has 0 aliphatic heterocycles. The molecule has 0 aromatic heterocycles. The number of aryl methyl sites for hydroxylation is 2. The predicted octanol–water partition coefficient (Wildman–Crippen LogP) is 9.30. The zero-order chi connectivity index (χ0) is 23.9. The number of hydrogen-bond acceptors (Lipinski definition) is 3. The lowest BCUT2D eigenvalue weighted by Gasteiger charge is -2.19. The number of anilines is 2. The zero-order valence-electron chi connectivity index (χ0n) is 19.5. The molecule has 4 rings (SSSR count). The second-order valence-electron chi connectivity index (χ2n) is 8.34. The standard InChI is InChI=1S/C28H26Cl2N2S.ClH/c1-15-5-11-25(17(3)27(15)21-9-7-19(31)13-23(21)29)33-26-12-6-16(2)28(18(26)4)22-10-8-20(32)14-24(22)30;/h5-14H,31-32H2,1-4H3;1H. The number of rotatable bonds is 4. The second-order valence-corrected chi connectivity index (χ2v) is 10.2. The molecule has 4 N–H and O–H groups in total. The molecule has 0 amide bonds. The number of benzene rings is 4. The smallest absolute Gasteiger partial charge is 0.0505 e. The Labute approximate surface area is 222 Å². The zero-order valence-corrected chi connectivity index (χ0v) is 22.6. The first-order valence-corrected chi connectivity index (χ1v) is 12.2. The van der Waals surface area contributed by atoms with Gasteiger partial charge in [-0.05, 0) is 97.5 Å². The molecular formula is C28H27Cl3N2S. The largest absolute Gasteiger partial charge is 0.399 e. The maximum Gasteiger partial charge on any atom is 0.0505 e. The molecule has 0 bridgehead atoms. The molecule has 0 spiro atoms. The first-order valence-electron chi connectivity index (χ1n) is 10.7. The van der Waals surface area contributed by atoms with Crippen molar-refractivity contribution in [3.05, 3.63) is 93.0 Å². The van der Waals surface area contributed by atoms with Gasteiger partial charge in [0.2, 0.25) is 0 Å². The molecule has 0 saturated carbocycles. The molecule has 0 atom stereocenters. The fraction of sp³-hybridized carbons (Fsp3) is 0.143. The van der Waals surface area contributed by atoms with Gasteiger partial charge in [-0.25, -0.2) is 0 Å². The van der Waals surface area contributed by atoms with Crippen molar-refractivity contribution < 1.29 is 0 Å². The fourth-order valence-electron chi connectivity index (χ4n) is 4.29. The van der Waals surface area contributed by atoms with E-state index < -0.39 is 0 Å². The normalized spacial score (nSPS) is 10.8. The SMILES string of the molecule is Cc1ccc(Sc2ccc(C)c(-c3ccc(N)cc3Cl)c2C)c(C)c1-c1ccc(N)cc1Cl.Cl. The average molecular weight is 530 g/mol. The van der Waals surface area contributed by atoms with Crippen molar-refractivity contribution >= 4 is 58.7 Å². The Morgan fingerprint density at radius 3 is 1.32 bits per heavy atom. The van der Waals surface area contributed by atoms with Crippen LogP contribution in [0.3, 0.4) is 0 Å². The molecule has 0 radical (unpaired) electrons. The summed E-state index contributed by atoms with van der Waals surface area (Å²) in [5, 5.41) is 1.32. The van der Waals surface area contributed by atoms with Crippen LogP contribution in [0, 0.1) is 27.7 Å². The third kappa shape index (κ3) is 5.04. The summed E-state index contributed by atoms with van der Waals surface area (Å²) in [4.78, 5) is 2.37. The summed E-state index contributed by atoms with van der Waals surface area (Å²) in [6.07, 6.45) is 0. The Hall–Kier alpha value is -2.30. The molecule has 0 fully saturated rings. The molecule has 4 aromatic rings. The van der Waals surface area contributed by atoms with Crippen LogP contribution in [0.5, 0.6) is 0 Å². The van der Waals surface area contributed by atoms with E-state index in [9.17, 15) is 0 Å². The summed E-state index contributed by atoms with van der Waals surface area (Å²) >= 11 is 14.9. The van der Waals surface area contributed by atoms with E-state index in [0.717, 1.165) is 22.3 Å².